The van der Waals surface area contributed by atoms with Crippen LogP contribution in [0.15, 0.2) is 0 Å². The van der Waals surface area contributed by atoms with E-state index in [0.717, 1.165) is 6.42 Å². The van der Waals surface area contributed by atoms with Gasteiger partial charge in [-0.1, -0.05) is 13.8 Å². The Morgan fingerprint density at radius 3 is 2.58 bits per heavy atom. The summed E-state index contributed by atoms with van der Waals surface area (Å²) in [6.07, 6.45) is -1.02. The van der Waals surface area contributed by atoms with Gasteiger partial charge in [0, 0.05) is 24.9 Å². The van der Waals surface area contributed by atoms with Gasteiger partial charge in [0.1, 0.15) is 6.10 Å². The number of ether oxygens (including phenoxy) is 3. The molecule has 0 aromatic carbocycles. The Labute approximate surface area is 112 Å². The molecule has 1 fully saturated rings. The van der Waals surface area contributed by atoms with E-state index < -0.39 is 35.9 Å². The molecule has 0 spiro atoms. The maximum absolute atomic E-state index is 11.1. The molecule has 0 aromatic heterocycles. The average molecular weight is 275 g/mol. The lowest BCUT2D eigenvalue weighted by molar-refractivity contribution is -0.494. The smallest absolute Gasteiger partial charge is 0.303 e. The summed E-state index contributed by atoms with van der Waals surface area (Å²) in [7, 11) is 1.53. The van der Waals surface area contributed by atoms with Crippen molar-refractivity contribution in [1.29, 1.82) is 0 Å². The SMILES string of the molecule is CO[C@H]1O[C@H](C(C[N+](=O)[O-])OC(C)=O)[C@@H](C)C[C@H]1C. The average Bonchev–Trinajstić information content (AvgIpc) is 2.27. The van der Waals surface area contributed by atoms with E-state index in [1.807, 2.05) is 13.8 Å². The molecule has 0 amide bonds. The van der Waals surface area contributed by atoms with Crippen LogP contribution in [0.3, 0.4) is 0 Å². The van der Waals surface area contributed by atoms with Crippen molar-refractivity contribution in [3.05, 3.63) is 10.1 Å². The van der Waals surface area contributed by atoms with Crippen LogP contribution in [-0.4, -0.2) is 43.0 Å². The minimum absolute atomic E-state index is 0.0608. The summed E-state index contributed by atoms with van der Waals surface area (Å²) in [6, 6.07) is 0. The molecular formula is C12H21NO6. The van der Waals surface area contributed by atoms with Gasteiger partial charge in [-0.15, -0.1) is 0 Å². The zero-order valence-electron chi connectivity index (χ0n) is 11.7. The van der Waals surface area contributed by atoms with Gasteiger partial charge in [-0.25, -0.2) is 0 Å². The highest BCUT2D eigenvalue weighted by atomic mass is 16.7. The molecule has 0 N–H and O–H groups in total. The van der Waals surface area contributed by atoms with Crippen LogP contribution in [0.25, 0.3) is 0 Å². The fraction of sp³-hybridized carbons (Fsp3) is 0.917. The Morgan fingerprint density at radius 1 is 1.47 bits per heavy atom. The molecule has 0 saturated carbocycles. The number of nitrogens with zero attached hydrogens (tertiary/aromatic N) is 1. The van der Waals surface area contributed by atoms with Crippen molar-refractivity contribution in [2.75, 3.05) is 13.7 Å². The van der Waals surface area contributed by atoms with Gasteiger partial charge in [0.2, 0.25) is 6.54 Å². The largest absolute Gasteiger partial charge is 0.453 e. The number of hydrogen-bond acceptors (Lipinski definition) is 6. The van der Waals surface area contributed by atoms with Gasteiger partial charge < -0.3 is 14.2 Å². The van der Waals surface area contributed by atoms with Crippen molar-refractivity contribution in [2.24, 2.45) is 11.8 Å². The molecule has 0 aliphatic carbocycles. The van der Waals surface area contributed by atoms with E-state index in [-0.39, 0.29) is 11.8 Å². The van der Waals surface area contributed by atoms with Crippen LogP contribution in [0.1, 0.15) is 27.2 Å². The van der Waals surface area contributed by atoms with Crippen molar-refractivity contribution in [2.45, 2.75) is 45.7 Å². The summed E-state index contributed by atoms with van der Waals surface area (Å²) in [5.74, 6) is -0.286. The first-order valence-corrected chi connectivity index (χ1v) is 6.32. The topological polar surface area (TPSA) is 87.9 Å². The van der Waals surface area contributed by atoms with Crippen LogP contribution in [0, 0.1) is 22.0 Å². The first-order valence-electron chi connectivity index (χ1n) is 6.32. The van der Waals surface area contributed by atoms with Gasteiger partial charge in [-0.3, -0.25) is 14.9 Å². The van der Waals surface area contributed by atoms with Crippen molar-refractivity contribution in [3.8, 4) is 0 Å². The lowest BCUT2D eigenvalue weighted by Gasteiger charge is -2.40. The summed E-state index contributed by atoms with van der Waals surface area (Å²) in [6.45, 7) is 4.70. The zero-order chi connectivity index (χ0) is 14.6. The third-order valence-electron chi connectivity index (χ3n) is 3.31. The Morgan fingerprint density at radius 2 is 2.11 bits per heavy atom. The monoisotopic (exact) mass is 275 g/mol. The summed E-state index contributed by atoms with van der Waals surface area (Å²) >= 11 is 0. The molecule has 0 bridgehead atoms. The van der Waals surface area contributed by atoms with Crippen LogP contribution < -0.4 is 0 Å². The summed E-state index contributed by atoms with van der Waals surface area (Å²) in [5.41, 5.74) is 0. The van der Waals surface area contributed by atoms with Crippen LogP contribution in [0.4, 0.5) is 0 Å². The van der Waals surface area contributed by atoms with E-state index >= 15 is 0 Å². The molecule has 0 radical (unpaired) electrons. The second-order valence-electron chi connectivity index (χ2n) is 5.06. The first kappa shape index (κ1) is 15.8. The summed E-state index contributed by atoms with van der Waals surface area (Å²) in [5, 5.41) is 10.7. The number of methoxy groups -OCH3 is 1. The molecule has 1 saturated heterocycles. The fourth-order valence-electron chi connectivity index (χ4n) is 2.57. The lowest BCUT2D eigenvalue weighted by atomic mass is 9.86. The molecule has 1 rings (SSSR count). The second-order valence-corrected chi connectivity index (χ2v) is 5.06. The number of hydrogen-bond donors (Lipinski definition) is 0. The van der Waals surface area contributed by atoms with Crippen molar-refractivity contribution in [1.82, 2.24) is 0 Å². The van der Waals surface area contributed by atoms with E-state index in [4.69, 9.17) is 14.2 Å². The van der Waals surface area contributed by atoms with E-state index in [0.29, 0.717) is 0 Å². The fourth-order valence-corrected chi connectivity index (χ4v) is 2.57. The summed E-state index contributed by atoms with van der Waals surface area (Å²) < 4.78 is 16.0. The van der Waals surface area contributed by atoms with E-state index in [1.54, 1.807) is 0 Å². The van der Waals surface area contributed by atoms with Crippen LogP contribution in [0.5, 0.6) is 0 Å². The minimum atomic E-state index is -0.882. The second kappa shape index (κ2) is 6.81. The Bertz CT molecular complexity index is 318. The highest BCUT2D eigenvalue weighted by molar-refractivity contribution is 5.66. The number of nitro groups is 1. The Kier molecular flexibility index (Phi) is 5.68. The van der Waals surface area contributed by atoms with Gasteiger partial charge in [0.15, 0.2) is 12.4 Å². The van der Waals surface area contributed by atoms with Crippen molar-refractivity contribution in [3.63, 3.8) is 0 Å². The minimum Gasteiger partial charge on any atom is -0.453 e. The van der Waals surface area contributed by atoms with Gasteiger partial charge in [0.25, 0.3) is 0 Å². The Balaban J connectivity index is 2.80. The van der Waals surface area contributed by atoms with Gasteiger partial charge in [-0.2, -0.15) is 0 Å². The van der Waals surface area contributed by atoms with Crippen molar-refractivity contribution < 1.29 is 23.9 Å². The molecule has 1 heterocycles. The molecule has 110 valence electrons. The third-order valence-corrected chi connectivity index (χ3v) is 3.31. The number of esters is 1. The van der Waals surface area contributed by atoms with Gasteiger partial charge in [0.05, 0.1) is 0 Å². The van der Waals surface area contributed by atoms with Crippen LogP contribution in [-0.2, 0) is 19.0 Å². The quantitative estimate of drug-likeness (QED) is 0.426. The van der Waals surface area contributed by atoms with Crippen LogP contribution >= 0.6 is 0 Å². The summed E-state index contributed by atoms with van der Waals surface area (Å²) in [4.78, 5) is 21.3. The molecule has 7 nitrogen and oxygen atoms in total. The molecule has 1 aliphatic rings. The number of rotatable bonds is 5. The van der Waals surface area contributed by atoms with Crippen LogP contribution in [0.2, 0.25) is 0 Å². The molecule has 0 aromatic rings. The Hall–Kier alpha value is -1.21. The highest BCUT2D eigenvalue weighted by Crippen LogP contribution is 2.32. The van der Waals surface area contributed by atoms with E-state index in [2.05, 4.69) is 0 Å². The predicted molar refractivity (Wildman–Crippen MR) is 66.0 cm³/mol. The van der Waals surface area contributed by atoms with Gasteiger partial charge in [-0.05, 0) is 12.3 Å². The first-order chi connectivity index (χ1) is 8.85. The molecule has 1 aliphatic heterocycles. The van der Waals surface area contributed by atoms with E-state index in [9.17, 15) is 14.9 Å². The lowest BCUT2D eigenvalue weighted by Crippen LogP contribution is -2.49. The zero-order valence-corrected chi connectivity index (χ0v) is 11.7. The maximum Gasteiger partial charge on any atom is 0.303 e. The number of carbonyl (C=O) groups excluding carboxylic acids is 1. The molecular weight excluding hydrogens is 254 g/mol. The van der Waals surface area contributed by atoms with Crippen molar-refractivity contribution >= 4 is 5.97 Å². The van der Waals surface area contributed by atoms with Gasteiger partial charge >= 0.3 is 5.97 Å². The molecule has 19 heavy (non-hydrogen) atoms. The highest BCUT2D eigenvalue weighted by Gasteiger charge is 2.41. The molecule has 1 unspecified atom stereocenters. The van der Waals surface area contributed by atoms with E-state index in [1.165, 1.54) is 14.0 Å². The molecule has 5 atom stereocenters. The normalized spacial score (nSPS) is 32.6. The standard InChI is InChI=1S/C12H21NO6/c1-7-5-8(2)12(17-4)19-11(7)10(6-13(15)16)18-9(3)14/h7-8,10-12H,5-6H2,1-4H3/t7-,8+,10?,11-,12-/m0/s1. The number of carbonyl (C=O) groups is 1. The maximum atomic E-state index is 11.1. The molecule has 7 heteroatoms. The third kappa shape index (κ3) is 4.43. The predicted octanol–water partition coefficient (Wildman–Crippen LogP) is 1.23.